The van der Waals surface area contributed by atoms with E-state index in [9.17, 15) is 9.90 Å². The summed E-state index contributed by atoms with van der Waals surface area (Å²) < 4.78 is 0. The quantitative estimate of drug-likeness (QED) is 0.643. The Labute approximate surface area is 81.0 Å². The van der Waals surface area contributed by atoms with Crippen LogP contribution in [0.3, 0.4) is 0 Å². The largest absolute Gasteiger partial charge is 0.550 e. The molecule has 4 heteroatoms. The number of hydrogen-bond donors (Lipinski definition) is 0. The van der Waals surface area contributed by atoms with E-state index in [0.29, 0.717) is 18.8 Å². The highest BCUT2D eigenvalue weighted by Crippen LogP contribution is 2.27. The third-order valence-corrected chi connectivity index (χ3v) is 2.11. The van der Waals surface area contributed by atoms with Gasteiger partial charge in [0.15, 0.2) is 5.75 Å². The molecule has 0 aromatic heterocycles. The lowest BCUT2D eigenvalue weighted by molar-refractivity contribution is -0.305. The van der Waals surface area contributed by atoms with Gasteiger partial charge in [-0.2, -0.15) is 4.89 Å². The zero-order valence-electron chi connectivity index (χ0n) is 7.49. The van der Waals surface area contributed by atoms with Crippen molar-refractivity contribution in [3.05, 3.63) is 29.3 Å². The lowest BCUT2D eigenvalue weighted by Gasteiger charge is -2.03. The number of fused-ring (bicyclic) bond motifs is 1. The Bertz CT molecular complexity index is 359. The number of aliphatic carboxylic acids is 1. The standard InChI is InChI=1S/C10H10O4/c11-10(12)4-2-7-1-3-8-6-13-14-9(8)5-7/h1,3,5H,2,4,6H2,(H,11,12)/p-1. The normalized spacial score (nSPS) is 13.4. The van der Waals surface area contributed by atoms with Gasteiger partial charge in [0.05, 0.1) is 0 Å². The van der Waals surface area contributed by atoms with Gasteiger partial charge in [0.1, 0.15) is 6.61 Å². The van der Waals surface area contributed by atoms with Crippen molar-refractivity contribution in [3.8, 4) is 5.75 Å². The summed E-state index contributed by atoms with van der Waals surface area (Å²) in [5.41, 5.74) is 1.90. The molecule has 0 amide bonds. The van der Waals surface area contributed by atoms with Gasteiger partial charge in [0.2, 0.25) is 0 Å². The van der Waals surface area contributed by atoms with Crippen LogP contribution in [-0.2, 0) is 22.7 Å². The van der Waals surface area contributed by atoms with E-state index in [1.54, 1.807) is 6.07 Å². The molecule has 0 fully saturated rings. The molecule has 0 aliphatic carbocycles. The van der Waals surface area contributed by atoms with Crippen molar-refractivity contribution in [2.75, 3.05) is 0 Å². The maximum Gasteiger partial charge on any atom is 0.171 e. The van der Waals surface area contributed by atoms with Gasteiger partial charge in [-0.15, -0.1) is 0 Å². The third kappa shape index (κ3) is 1.85. The zero-order chi connectivity index (χ0) is 9.97. The minimum atomic E-state index is -1.04. The number of carbonyl (C=O) groups excluding carboxylic acids is 1. The van der Waals surface area contributed by atoms with Crippen LogP contribution in [0.1, 0.15) is 17.5 Å². The maximum absolute atomic E-state index is 10.2. The third-order valence-electron chi connectivity index (χ3n) is 2.11. The molecule has 0 radical (unpaired) electrons. The molecule has 1 aromatic rings. The summed E-state index contributed by atoms with van der Waals surface area (Å²) in [6.07, 6.45) is 0.485. The van der Waals surface area contributed by atoms with E-state index in [2.05, 4.69) is 0 Å². The number of carbonyl (C=O) groups is 1. The second-order valence-corrected chi connectivity index (χ2v) is 3.16. The van der Waals surface area contributed by atoms with Gasteiger partial charge in [0.25, 0.3) is 0 Å². The summed E-state index contributed by atoms with van der Waals surface area (Å²) in [7, 11) is 0. The molecular formula is C10H9O4-. The first-order chi connectivity index (χ1) is 6.75. The van der Waals surface area contributed by atoms with E-state index in [4.69, 9.17) is 9.78 Å². The second kappa shape index (κ2) is 3.67. The summed E-state index contributed by atoms with van der Waals surface area (Å²) in [6.45, 7) is 0.454. The van der Waals surface area contributed by atoms with Crippen LogP contribution in [0.25, 0.3) is 0 Å². The van der Waals surface area contributed by atoms with Crippen LogP contribution < -0.4 is 9.99 Å². The summed E-state index contributed by atoms with van der Waals surface area (Å²) in [4.78, 5) is 19.9. The van der Waals surface area contributed by atoms with E-state index in [1.165, 1.54) is 0 Å². The van der Waals surface area contributed by atoms with Gasteiger partial charge in [-0.05, 0) is 24.5 Å². The predicted molar refractivity (Wildman–Crippen MR) is 45.2 cm³/mol. The van der Waals surface area contributed by atoms with Crippen molar-refractivity contribution in [2.24, 2.45) is 0 Å². The Morgan fingerprint density at radius 2 is 2.36 bits per heavy atom. The van der Waals surface area contributed by atoms with Crippen molar-refractivity contribution < 1.29 is 19.7 Å². The molecule has 1 aliphatic rings. The Morgan fingerprint density at radius 3 is 3.14 bits per heavy atom. The van der Waals surface area contributed by atoms with Gasteiger partial charge >= 0.3 is 0 Å². The number of aryl methyl sites for hydroxylation is 1. The van der Waals surface area contributed by atoms with Crippen molar-refractivity contribution in [2.45, 2.75) is 19.4 Å². The van der Waals surface area contributed by atoms with Crippen molar-refractivity contribution in [1.29, 1.82) is 0 Å². The minimum absolute atomic E-state index is 0.0274. The molecule has 74 valence electrons. The Morgan fingerprint density at radius 1 is 1.50 bits per heavy atom. The van der Waals surface area contributed by atoms with Crippen LogP contribution in [0, 0.1) is 0 Å². The lowest BCUT2D eigenvalue weighted by atomic mass is 10.1. The monoisotopic (exact) mass is 193 g/mol. The highest BCUT2D eigenvalue weighted by atomic mass is 17.2. The molecule has 2 rings (SSSR count). The molecule has 1 heterocycles. The van der Waals surface area contributed by atoms with Gasteiger partial charge in [-0.3, -0.25) is 0 Å². The number of hydrogen-bond acceptors (Lipinski definition) is 4. The predicted octanol–water partition coefficient (Wildman–Crippen LogP) is 0.193. The van der Waals surface area contributed by atoms with Gasteiger partial charge in [-0.25, -0.2) is 0 Å². The van der Waals surface area contributed by atoms with Crippen molar-refractivity contribution in [3.63, 3.8) is 0 Å². The number of carboxylic acid groups (broad SMARTS) is 1. The first kappa shape index (κ1) is 9.02. The van der Waals surface area contributed by atoms with E-state index >= 15 is 0 Å². The maximum atomic E-state index is 10.2. The van der Waals surface area contributed by atoms with Gasteiger partial charge < -0.3 is 14.8 Å². The zero-order valence-corrected chi connectivity index (χ0v) is 7.49. The fourth-order valence-electron chi connectivity index (χ4n) is 1.35. The average molecular weight is 193 g/mol. The topological polar surface area (TPSA) is 58.6 Å². The van der Waals surface area contributed by atoms with Crippen LogP contribution in [0.15, 0.2) is 18.2 Å². The Balaban J connectivity index is 2.09. The fourth-order valence-corrected chi connectivity index (χ4v) is 1.35. The number of benzene rings is 1. The molecule has 4 nitrogen and oxygen atoms in total. The summed E-state index contributed by atoms with van der Waals surface area (Å²) >= 11 is 0. The van der Waals surface area contributed by atoms with Gasteiger partial charge in [0, 0.05) is 11.5 Å². The molecule has 0 spiro atoms. The first-order valence-electron chi connectivity index (χ1n) is 4.37. The average Bonchev–Trinajstić information content (AvgIpc) is 2.61. The van der Waals surface area contributed by atoms with Crippen LogP contribution in [0.2, 0.25) is 0 Å². The Kier molecular flexibility index (Phi) is 2.37. The number of carboxylic acids is 1. The smallest absolute Gasteiger partial charge is 0.171 e. The van der Waals surface area contributed by atoms with E-state index in [-0.39, 0.29) is 6.42 Å². The fraction of sp³-hybridized carbons (Fsp3) is 0.300. The molecule has 0 unspecified atom stereocenters. The molecule has 1 aliphatic heterocycles. The van der Waals surface area contributed by atoms with E-state index in [0.717, 1.165) is 11.1 Å². The molecule has 0 bridgehead atoms. The first-order valence-corrected chi connectivity index (χ1v) is 4.37. The Hall–Kier alpha value is -1.55. The molecular weight excluding hydrogens is 184 g/mol. The molecule has 0 saturated carbocycles. The number of rotatable bonds is 3. The van der Waals surface area contributed by atoms with Crippen LogP contribution in [0.4, 0.5) is 0 Å². The summed E-state index contributed by atoms with van der Waals surface area (Å²) in [6, 6.07) is 5.55. The van der Waals surface area contributed by atoms with Crippen molar-refractivity contribution in [1.82, 2.24) is 0 Å². The second-order valence-electron chi connectivity index (χ2n) is 3.16. The highest BCUT2D eigenvalue weighted by molar-refractivity contribution is 5.64. The minimum Gasteiger partial charge on any atom is -0.550 e. The van der Waals surface area contributed by atoms with E-state index < -0.39 is 5.97 Å². The lowest BCUT2D eigenvalue weighted by Crippen LogP contribution is -2.22. The highest BCUT2D eigenvalue weighted by Gasteiger charge is 2.13. The molecule has 14 heavy (non-hydrogen) atoms. The van der Waals surface area contributed by atoms with Crippen LogP contribution >= 0.6 is 0 Å². The van der Waals surface area contributed by atoms with Crippen LogP contribution in [0.5, 0.6) is 5.75 Å². The SMILES string of the molecule is O=C([O-])CCc1ccc2c(c1)OOC2. The summed E-state index contributed by atoms with van der Waals surface area (Å²) in [5, 5.41) is 10.2. The van der Waals surface area contributed by atoms with E-state index in [1.807, 2.05) is 12.1 Å². The molecule has 1 aromatic carbocycles. The molecule has 0 saturated heterocycles. The summed E-state index contributed by atoms with van der Waals surface area (Å²) in [5.74, 6) is -0.358. The molecule has 0 atom stereocenters. The van der Waals surface area contributed by atoms with Crippen molar-refractivity contribution >= 4 is 5.97 Å². The van der Waals surface area contributed by atoms with Crippen LogP contribution in [-0.4, -0.2) is 5.97 Å². The molecule has 0 N–H and O–H groups in total. The van der Waals surface area contributed by atoms with Gasteiger partial charge in [-0.1, -0.05) is 12.1 Å².